The minimum absolute atomic E-state index is 0.381. The number of amides is 3. The highest BCUT2D eigenvalue weighted by Crippen LogP contribution is 2.19. The normalized spacial score (nSPS) is 14.2. The monoisotopic (exact) mass is 305 g/mol. The smallest absolute Gasteiger partial charge is 0.326 e. The minimum Gasteiger partial charge on any atom is -0.480 e. The molecule has 116 valence electrons. The summed E-state index contributed by atoms with van der Waals surface area (Å²) in [4.78, 5) is 34.2. The van der Waals surface area contributed by atoms with Gasteiger partial charge in [-0.25, -0.2) is 9.59 Å². The number of carboxylic acid groups (broad SMARTS) is 1. The molecule has 0 saturated heterocycles. The summed E-state index contributed by atoms with van der Waals surface area (Å²) in [5.74, 6) is -1.01. The van der Waals surface area contributed by atoms with Crippen molar-refractivity contribution in [3.63, 3.8) is 0 Å². The summed E-state index contributed by atoms with van der Waals surface area (Å²) >= 11 is 1.52. The number of nitrogens with two attached hydrogens (primary N) is 1. The van der Waals surface area contributed by atoms with Crippen molar-refractivity contribution in [1.82, 2.24) is 10.6 Å². The number of carbonyl (C=O) groups is 3. The molecule has 0 rings (SSSR count). The fraction of sp³-hybridized carbons (Fsp3) is 0.750. The zero-order valence-corrected chi connectivity index (χ0v) is 13.0. The average Bonchev–Trinajstić information content (AvgIpc) is 2.28. The van der Waals surface area contributed by atoms with E-state index in [1.54, 1.807) is 20.8 Å². The second-order valence-electron chi connectivity index (χ2n) is 5.49. The highest BCUT2D eigenvalue weighted by atomic mass is 32.2. The first-order valence-corrected chi connectivity index (χ1v) is 7.57. The molecule has 0 radical (unpaired) electrons. The Kier molecular flexibility index (Phi) is 7.41. The van der Waals surface area contributed by atoms with Gasteiger partial charge in [-0.1, -0.05) is 20.8 Å². The van der Waals surface area contributed by atoms with Crippen LogP contribution in [-0.2, 0) is 9.59 Å². The van der Waals surface area contributed by atoms with Crippen molar-refractivity contribution in [3.05, 3.63) is 0 Å². The Labute approximate surface area is 123 Å². The Morgan fingerprint density at radius 3 is 2.15 bits per heavy atom. The number of thioether (sulfide) groups is 1. The number of rotatable bonds is 7. The van der Waals surface area contributed by atoms with Crippen LogP contribution in [-0.4, -0.2) is 47.1 Å². The Morgan fingerprint density at radius 2 is 1.80 bits per heavy atom. The van der Waals surface area contributed by atoms with E-state index in [1.165, 1.54) is 11.8 Å². The highest BCUT2D eigenvalue weighted by Gasteiger charge is 2.34. The van der Waals surface area contributed by atoms with E-state index in [0.29, 0.717) is 12.2 Å². The van der Waals surface area contributed by atoms with E-state index in [9.17, 15) is 14.4 Å². The maximum absolute atomic E-state index is 12.1. The molecule has 0 aromatic rings. The Hall–Kier alpha value is -1.44. The van der Waals surface area contributed by atoms with Crippen molar-refractivity contribution < 1.29 is 19.5 Å². The molecule has 20 heavy (non-hydrogen) atoms. The molecule has 3 amide bonds. The molecule has 2 atom stereocenters. The number of carbonyl (C=O) groups excluding carboxylic acids is 2. The van der Waals surface area contributed by atoms with Gasteiger partial charge in [-0.15, -0.1) is 0 Å². The van der Waals surface area contributed by atoms with Gasteiger partial charge in [0, 0.05) is 0 Å². The number of primary amides is 1. The van der Waals surface area contributed by atoms with Crippen LogP contribution >= 0.6 is 11.8 Å². The molecule has 0 aliphatic carbocycles. The molecule has 0 aliphatic rings. The van der Waals surface area contributed by atoms with E-state index < -0.39 is 35.4 Å². The summed E-state index contributed by atoms with van der Waals surface area (Å²) in [6.07, 6.45) is 2.25. The van der Waals surface area contributed by atoms with E-state index in [0.717, 1.165) is 0 Å². The molecular formula is C12H23N3O4S. The van der Waals surface area contributed by atoms with Crippen molar-refractivity contribution >= 4 is 29.7 Å². The molecule has 5 N–H and O–H groups in total. The minimum atomic E-state index is -1.12. The first kappa shape index (κ1) is 18.6. The summed E-state index contributed by atoms with van der Waals surface area (Å²) in [5, 5.41) is 14.0. The Bertz CT molecular complexity index is 368. The molecule has 0 spiro atoms. The zero-order chi connectivity index (χ0) is 15.9. The van der Waals surface area contributed by atoms with E-state index in [-0.39, 0.29) is 0 Å². The Morgan fingerprint density at radius 1 is 1.25 bits per heavy atom. The standard InChI is InChI=1S/C12H23N3O4S/c1-12(2,3)8(10(17)18)15-9(16)7(5-6-20-4)14-11(13)19/h7-8H,5-6H2,1-4H3,(H,15,16)(H,17,18)(H3,13,14,19)/t7?,8-/m0/s1. The van der Waals surface area contributed by atoms with E-state index in [1.807, 2.05) is 6.26 Å². The van der Waals surface area contributed by atoms with Gasteiger partial charge in [0.15, 0.2) is 0 Å². The van der Waals surface area contributed by atoms with E-state index >= 15 is 0 Å². The van der Waals surface area contributed by atoms with E-state index in [4.69, 9.17) is 10.8 Å². The van der Waals surface area contributed by atoms with Crippen LogP contribution in [0.5, 0.6) is 0 Å². The first-order valence-electron chi connectivity index (χ1n) is 6.17. The van der Waals surface area contributed by atoms with Gasteiger partial charge in [0.1, 0.15) is 12.1 Å². The quantitative estimate of drug-likeness (QED) is 0.542. The molecular weight excluding hydrogens is 282 g/mol. The maximum atomic E-state index is 12.1. The van der Waals surface area contributed by atoms with Gasteiger partial charge in [-0.2, -0.15) is 11.8 Å². The number of aliphatic carboxylic acids is 1. The van der Waals surface area contributed by atoms with Crippen LogP contribution in [0.3, 0.4) is 0 Å². The van der Waals surface area contributed by atoms with Gasteiger partial charge in [0.05, 0.1) is 0 Å². The van der Waals surface area contributed by atoms with Crippen molar-refractivity contribution in [2.24, 2.45) is 11.1 Å². The zero-order valence-electron chi connectivity index (χ0n) is 12.2. The van der Waals surface area contributed by atoms with Gasteiger partial charge in [0.25, 0.3) is 0 Å². The molecule has 0 fully saturated rings. The summed E-state index contributed by atoms with van der Waals surface area (Å²) in [6.45, 7) is 5.14. The molecule has 0 aliphatic heterocycles. The van der Waals surface area contributed by atoms with Crippen molar-refractivity contribution in [2.75, 3.05) is 12.0 Å². The third kappa shape index (κ3) is 6.65. The molecule has 1 unspecified atom stereocenters. The molecule has 0 bridgehead atoms. The van der Waals surface area contributed by atoms with Crippen LogP contribution in [0.25, 0.3) is 0 Å². The number of hydrogen-bond donors (Lipinski definition) is 4. The van der Waals surface area contributed by atoms with Crippen LogP contribution in [0.1, 0.15) is 27.2 Å². The van der Waals surface area contributed by atoms with Gasteiger partial charge in [-0.05, 0) is 23.8 Å². The second kappa shape index (κ2) is 7.98. The van der Waals surface area contributed by atoms with Crippen LogP contribution in [0.15, 0.2) is 0 Å². The third-order valence-electron chi connectivity index (χ3n) is 2.64. The predicted octanol–water partition coefficient (Wildman–Crippen LogP) is 0.392. The number of carboxylic acids is 1. The molecule has 0 saturated carbocycles. The lowest BCUT2D eigenvalue weighted by Crippen LogP contribution is -2.56. The lowest BCUT2D eigenvalue weighted by molar-refractivity contribution is -0.145. The Balaban J connectivity index is 4.87. The fourth-order valence-corrected chi connectivity index (χ4v) is 2.04. The molecule has 8 heteroatoms. The fourth-order valence-electron chi connectivity index (χ4n) is 1.57. The lowest BCUT2D eigenvalue weighted by atomic mass is 9.86. The maximum Gasteiger partial charge on any atom is 0.326 e. The summed E-state index contributed by atoms with van der Waals surface area (Å²) in [5.41, 5.74) is 4.39. The first-order chi connectivity index (χ1) is 9.09. The largest absolute Gasteiger partial charge is 0.480 e. The number of urea groups is 1. The van der Waals surface area contributed by atoms with Crippen LogP contribution in [0, 0.1) is 5.41 Å². The summed E-state index contributed by atoms with van der Waals surface area (Å²) < 4.78 is 0. The predicted molar refractivity (Wildman–Crippen MR) is 78.5 cm³/mol. The summed E-state index contributed by atoms with van der Waals surface area (Å²) in [6, 6.07) is -2.68. The second-order valence-corrected chi connectivity index (χ2v) is 6.47. The highest BCUT2D eigenvalue weighted by molar-refractivity contribution is 7.98. The summed E-state index contributed by atoms with van der Waals surface area (Å²) in [7, 11) is 0. The van der Waals surface area contributed by atoms with Gasteiger partial charge in [-0.3, -0.25) is 4.79 Å². The van der Waals surface area contributed by atoms with Crippen molar-refractivity contribution in [3.8, 4) is 0 Å². The third-order valence-corrected chi connectivity index (χ3v) is 3.29. The topological polar surface area (TPSA) is 122 Å². The number of hydrogen-bond acceptors (Lipinski definition) is 4. The SMILES string of the molecule is CSCCC(NC(N)=O)C(=O)N[C@@H](C(=O)O)C(C)(C)C. The van der Waals surface area contributed by atoms with Crippen LogP contribution in [0.2, 0.25) is 0 Å². The number of nitrogens with one attached hydrogen (secondary N) is 2. The average molecular weight is 305 g/mol. The van der Waals surface area contributed by atoms with Crippen LogP contribution < -0.4 is 16.4 Å². The van der Waals surface area contributed by atoms with Gasteiger partial charge >= 0.3 is 12.0 Å². The molecule has 0 aromatic heterocycles. The van der Waals surface area contributed by atoms with Crippen molar-refractivity contribution in [2.45, 2.75) is 39.3 Å². The molecule has 0 heterocycles. The molecule has 0 aromatic carbocycles. The lowest BCUT2D eigenvalue weighted by Gasteiger charge is -2.29. The van der Waals surface area contributed by atoms with E-state index in [2.05, 4.69) is 10.6 Å². The molecule has 7 nitrogen and oxygen atoms in total. The van der Waals surface area contributed by atoms with Gasteiger partial charge < -0.3 is 21.5 Å². The van der Waals surface area contributed by atoms with Crippen LogP contribution in [0.4, 0.5) is 4.79 Å². The van der Waals surface area contributed by atoms with Crippen molar-refractivity contribution in [1.29, 1.82) is 0 Å². The van der Waals surface area contributed by atoms with Gasteiger partial charge in [0.2, 0.25) is 5.91 Å².